The molecule has 1 rings (SSSR count). The van der Waals surface area contributed by atoms with E-state index in [2.05, 4.69) is 27.8 Å². The molecule has 0 fully saturated rings. The molecule has 0 bridgehead atoms. The fraction of sp³-hybridized carbons (Fsp3) is 0.500. The van der Waals surface area contributed by atoms with Gasteiger partial charge in [0.05, 0.1) is 13.2 Å². The molecule has 0 saturated heterocycles. The Kier molecular flexibility index (Phi) is 7.43. The van der Waals surface area contributed by atoms with Crippen LogP contribution in [0.2, 0.25) is 0 Å². The summed E-state index contributed by atoms with van der Waals surface area (Å²) in [6, 6.07) is 6.12. The average molecular weight is 361 g/mol. The molecule has 112 valence electrons. The Morgan fingerprint density at radius 2 is 2.10 bits per heavy atom. The van der Waals surface area contributed by atoms with Gasteiger partial charge < -0.3 is 20.1 Å². The van der Waals surface area contributed by atoms with Gasteiger partial charge in [-0.3, -0.25) is 0 Å². The van der Waals surface area contributed by atoms with Gasteiger partial charge in [-0.25, -0.2) is 0 Å². The molecule has 0 saturated carbocycles. The molecule has 1 unspecified atom stereocenters. The topological polar surface area (TPSA) is 47.7 Å². The van der Waals surface area contributed by atoms with Crippen molar-refractivity contribution in [1.82, 2.24) is 0 Å². The van der Waals surface area contributed by atoms with Crippen LogP contribution < -0.4 is 10.6 Å². The van der Waals surface area contributed by atoms with Gasteiger partial charge in [0.15, 0.2) is 0 Å². The second kappa shape index (κ2) is 8.56. The molecule has 0 aromatic heterocycles. The highest BCUT2D eigenvalue weighted by Gasteiger charge is 2.20. The van der Waals surface area contributed by atoms with Crippen molar-refractivity contribution >= 4 is 38.8 Å². The van der Waals surface area contributed by atoms with E-state index in [1.807, 2.05) is 18.2 Å². The molecular weight excluding hydrogens is 340 g/mol. The molecule has 0 aliphatic carbocycles. The van der Waals surface area contributed by atoms with Crippen LogP contribution in [0, 0.1) is 0 Å². The van der Waals surface area contributed by atoms with Crippen LogP contribution in [0.5, 0.6) is 0 Å². The van der Waals surface area contributed by atoms with Crippen LogP contribution in [0.4, 0.5) is 5.69 Å². The van der Waals surface area contributed by atoms with Crippen molar-refractivity contribution in [2.75, 3.05) is 38.9 Å². The summed E-state index contributed by atoms with van der Waals surface area (Å²) in [5.41, 5.74) is 7.71. The standard InChI is InChI=1S/C14H21BrN2O2S/c1-10(9-19-3)17(7-8-18-2)12-6-4-5-11(15)13(12)14(16)20/h4-6,10H,7-9H2,1-3H3,(H2,16,20). The van der Waals surface area contributed by atoms with Gasteiger partial charge in [-0.1, -0.05) is 18.3 Å². The van der Waals surface area contributed by atoms with Crippen LogP contribution in [0.25, 0.3) is 0 Å². The fourth-order valence-corrected chi connectivity index (χ4v) is 3.01. The van der Waals surface area contributed by atoms with E-state index in [0.717, 1.165) is 22.3 Å². The molecule has 0 aliphatic heterocycles. The summed E-state index contributed by atoms with van der Waals surface area (Å²) in [5, 5.41) is 0. The maximum Gasteiger partial charge on any atom is 0.107 e. The quantitative estimate of drug-likeness (QED) is 0.722. The second-order valence-electron chi connectivity index (χ2n) is 4.49. The molecular formula is C14H21BrN2O2S. The van der Waals surface area contributed by atoms with Gasteiger partial charge in [0.1, 0.15) is 4.99 Å². The van der Waals surface area contributed by atoms with E-state index in [-0.39, 0.29) is 6.04 Å². The van der Waals surface area contributed by atoms with Crippen LogP contribution >= 0.6 is 28.1 Å². The van der Waals surface area contributed by atoms with Crippen LogP contribution in [0.3, 0.4) is 0 Å². The third kappa shape index (κ3) is 4.41. The molecule has 0 heterocycles. The van der Waals surface area contributed by atoms with E-state index in [0.29, 0.717) is 18.2 Å². The lowest BCUT2D eigenvalue weighted by molar-refractivity contribution is 0.171. The summed E-state index contributed by atoms with van der Waals surface area (Å²) in [6.45, 7) is 4.08. The van der Waals surface area contributed by atoms with Crippen LogP contribution in [-0.2, 0) is 9.47 Å². The molecule has 1 aromatic rings. The molecule has 20 heavy (non-hydrogen) atoms. The highest BCUT2D eigenvalue weighted by Crippen LogP contribution is 2.29. The third-order valence-corrected chi connectivity index (χ3v) is 3.89. The lowest BCUT2D eigenvalue weighted by Gasteiger charge is -2.32. The minimum Gasteiger partial charge on any atom is -0.389 e. The summed E-state index contributed by atoms with van der Waals surface area (Å²) in [6.07, 6.45) is 0. The smallest absolute Gasteiger partial charge is 0.107 e. The predicted octanol–water partition coefficient (Wildman–Crippen LogP) is 2.57. The third-order valence-electron chi connectivity index (χ3n) is 3.02. The zero-order valence-electron chi connectivity index (χ0n) is 12.1. The number of hydrogen-bond acceptors (Lipinski definition) is 4. The van der Waals surface area contributed by atoms with E-state index in [1.165, 1.54) is 0 Å². The Balaban J connectivity index is 3.18. The normalized spacial score (nSPS) is 12.2. The predicted molar refractivity (Wildman–Crippen MR) is 90.6 cm³/mol. The van der Waals surface area contributed by atoms with E-state index in [4.69, 9.17) is 27.4 Å². The maximum atomic E-state index is 5.87. The number of anilines is 1. The number of nitrogens with zero attached hydrogens (tertiary/aromatic N) is 1. The average Bonchev–Trinajstić information content (AvgIpc) is 2.39. The van der Waals surface area contributed by atoms with Gasteiger partial charge in [0.25, 0.3) is 0 Å². The number of thiocarbonyl (C=S) groups is 1. The van der Waals surface area contributed by atoms with Crippen molar-refractivity contribution in [2.24, 2.45) is 5.73 Å². The highest BCUT2D eigenvalue weighted by molar-refractivity contribution is 9.10. The largest absolute Gasteiger partial charge is 0.389 e. The first kappa shape index (κ1) is 17.4. The summed E-state index contributed by atoms with van der Waals surface area (Å²) < 4.78 is 11.4. The second-order valence-corrected chi connectivity index (χ2v) is 5.78. The van der Waals surface area contributed by atoms with Crippen molar-refractivity contribution in [3.63, 3.8) is 0 Å². The molecule has 0 radical (unpaired) electrons. The van der Waals surface area contributed by atoms with Gasteiger partial charge in [-0.2, -0.15) is 0 Å². The number of halogens is 1. The van der Waals surface area contributed by atoms with Gasteiger partial charge in [0, 0.05) is 42.5 Å². The lowest BCUT2D eigenvalue weighted by Crippen LogP contribution is -2.39. The number of nitrogens with two attached hydrogens (primary N) is 1. The monoisotopic (exact) mass is 360 g/mol. The minimum absolute atomic E-state index is 0.192. The number of hydrogen-bond donors (Lipinski definition) is 1. The van der Waals surface area contributed by atoms with Gasteiger partial charge in [-0.05, 0) is 35.0 Å². The summed E-state index contributed by atoms with van der Waals surface area (Å²) in [5.74, 6) is 0. The SMILES string of the molecule is COCCN(c1cccc(Br)c1C(N)=S)C(C)COC. The number of ether oxygens (including phenoxy) is 2. The summed E-state index contributed by atoms with van der Waals surface area (Å²) in [4.78, 5) is 2.58. The maximum absolute atomic E-state index is 5.87. The van der Waals surface area contributed by atoms with Crippen molar-refractivity contribution in [1.29, 1.82) is 0 Å². The molecule has 1 aromatic carbocycles. The van der Waals surface area contributed by atoms with Crippen LogP contribution in [0.15, 0.2) is 22.7 Å². The van der Waals surface area contributed by atoms with Crippen molar-refractivity contribution in [3.8, 4) is 0 Å². The Morgan fingerprint density at radius 1 is 1.40 bits per heavy atom. The Morgan fingerprint density at radius 3 is 2.65 bits per heavy atom. The molecule has 0 aliphatic rings. The van der Waals surface area contributed by atoms with Gasteiger partial charge >= 0.3 is 0 Å². The first-order valence-corrected chi connectivity index (χ1v) is 7.55. The van der Waals surface area contributed by atoms with E-state index in [1.54, 1.807) is 14.2 Å². The number of benzene rings is 1. The van der Waals surface area contributed by atoms with E-state index in [9.17, 15) is 0 Å². The molecule has 4 nitrogen and oxygen atoms in total. The van der Waals surface area contributed by atoms with E-state index < -0.39 is 0 Å². The Labute approximate surface area is 134 Å². The molecule has 0 spiro atoms. The van der Waals surface area contributed by atoms with Crippen molar-refractivity contribution < 1.29 is 9.47 Å². The van der Waals surface area contributed by atoms with E-state index >= 15 is 0 Å². The highest BCUT2D eigenvalue weighted by atomic mass is 79.9. The van der Waals surface area contributed by atoms with Gasteiger partial charge in [-0.15, -0.1) is 0 Å². The Hall–Kier alpha value is -0.690. The zero-order chi connectivity index (χ0) is 15.1. The Bertz CT molecular complexity index is 457. The lowest BCUT2D eigenvalue weighted by atomic mass is 10.1. The van der Waals surface area contributed by atoms with Crippen molar-refractivity contribution in [2.45, 2.75) is 13.0 Å². The fourth-order valence-electron chi connectivity index (χ4n) is 2.10. The number of rotatable bonds is 8. The summed E-state index contributed by atoms with van der Waals surface area (Å²) in [7, 11) is 3.38. The molecule has 0 amide bonds. The first-order chi connectivity index (χ1) is 9.52. The molecule has 2 N–H and O–H groups in total. The van der Waals surface area contributed by atoms with Crippen LogP contribution in [0.1, 0.15) is 12.5 Å². The van der Waals surface area contributed by atoms with Gasteiger partial charge in [0.2, 0.25) is 0 Å². The minimum atomic E-state index is 0.192. The number of methoxy groups -OCH3 is 2. The van der Waals surface area contributed by atoms with Crippen molar-refractivity contribution in [3.05, 3.63) is 28.2 Å². The zero-order valence-corrected chi connectivity index (χ0v) is 14.5. The summed E-state index contributed by atoms with van der Waals surface area (Å²) >= 11 is 8.69. The molecule has 1 atom stereocenters. The molecule has 6 heteroatoms. The first-order valence-electron chi connectivity index (χ1n) is 6.35. The van der Waals surface area contributed by atoms with Crippen LogP contribution in [-0.4, -0.2) is 45.0 Å².